The Labute approximate surface area is 111 Å². The second-order valence-corrected chi connectivity index (χ2v) is 4.19. The van der Waals surface area contributed by atoms with Crippen molar-refractivity contribution in [1.29, 1.82) is 0 Å². The molecule has 5 heteroatoms. The van der Waals surface area contributed by atoms with Gasteiger partial charge in [-0.05, 0) is 17.6 Å². The molecule has 0 saturated carbocycles. The summed E-state index contributed by atoms with van der Waals surface area (Å²) in [5, 5.41) is 0. The number of rotatable bonds is 2. The molecule has 0 bridgehead atoms. The molecule has 0 fully saturated rings. The van der Waals surface area contributed by atoms with E-state index in [9.17, 15) is 4.79 Å². The second-order valence-electron chi connectivity index (χ2n) is 4.19. The van der Waals surface area contributed by atoms with Crippen LogP contribution in [0.4, 0.5) is 0 Å². The van der Waals surface area contributed by atoms with Crippen LogP contribution >= 0.6 is 0 Å². The third kappa shape index (κ3) is 1.98. The lowest BCUT2D eigenvalue weighted by Crippen LogP contribution is -2.57. The third-order valence-corrected chi connectivity index (χ3v) is 3.05. The molecular weight excluding hydrogens is 241 g/mol. The van der Waals surface area contributed by atoms with Crippen LogP contribution in [0.2, 0.25) is 0 Å². The summed E-state index contributed by atoms with van der Waals surface area (Å²) < 4.78 is 5.87. The fraction of sp³-hybridized carbons (Fsp3) is 0.0714. The molecular formula is C14H12BNO3. The summed E-state index contributed by atoms with van der Waals surface area (Å²) in [6.45, 7) is 0. The van der Waals surface area contributed by atoms with Crippen LogP contribution < -0.4 is 10.1 Å². The third-order valence-electron chi connectivity index (χ3n) is 3.05. The lowest BCUT2D eigenvalue weighted by Gasteiger charge is -2.31. The minimum absolute atomic E-state index is 0.196. The largest absolute Gasteiger partial charge is 0.547 e. The Morgan fingerprint density at radius 3 is 2.47 bits per heavy atom. The normalized spacial score (nSPS) is 14.1. The number of para-hydroxylation sites is 1. The van der Waals surface area contributed by atoms with Gasteiger partial charge in [-0.3, -0.25) is 9.63 Å². The molecule has 0 atom stereocenters. The Balaban J connectivity index is 2.05. The van der Waals surface area contributed by atoms with Crippen molar-refractivity contribution >= 4 is 18.4 Å². The molecule has 0 saturated heterocycles. The number of carbonyl (C=O) groups excluding carboxylic acids is 1. The molecule has 0 spiro atoms. The number of hydroxylamine groups is 1. The summed E-state index contributed by atoms with van der Waals surface area (Å²) in [5.74, 6) is 0.382. The molecule has 1 amide bonds. The van der Waals surface area contributed by atoms with Gasteiger partial charge in [0.2, 0.25) is 0 Å². The van der Waals surface area contributed by atoms with Gasteiger partial charge in [0, 0.05) is 0 Å². The molecule has 1 aliphatic heterocycles. The predicted octanol–water partition coefficient (Wildman–Crippen LogP) is 1.48. The highest BCUT2D eigenvalue weighted by Gasteiger charge is 2.40. The van der Waals surface area contributed by atoms with Crippen LogP contribution in [0.5, 0.6) is 5.75 Å². The summed E-state index contributed by atoms with van der Waals surface area (Å²) in [5.41, 5.74) is 1.38. The number of fused-ring (bicyclic) bond motifs is 1. The standard InChI is InChI=1S/C14H12BNO3/c1-18-16-14(17)12-9-5-6-10-13(12)19-15(16)11-7-3-2-4-8-11/h2-10H,1H3. The van der Waals surface area contributed by atoms with E-state index < -0.39 is 7.05 Å². The van der Waals surface area contributed by atoms with E-state index in [1.165, 1.54) is 12.1 Å². The maximum Gasteiger partial charge on any atom is 0.547 e. The smallest absolute Gasteiger partial charge is 0.536 e. The zero-order valence-electron chi connectivity index (χ0n) is 10.4. The maximum absolute atomic E-state index is 12.4. The van der Waals surface area contributed by atoms with Gasteiger partial charge >= 0.3 is 7.05 Å². The second kappa shape index (κ2) is 4.78. The van der Waals surface area contributed by atoms with Crippen LogP contribution in [-0.4, -0.2) is 25.0 Å². The molecule has 4 nitrogen and oxygen atoms in total. The number of carbonyl (C=O) groups is 1. The number of benzene rings is 2. The summed E-state index contributed by atoms with van der Waals surface area (Å²) in [6, 6.07) is 16.7. The summed E-state index contributed by atoms with van der Waals surface area (Å²) in [6.07, 6.45) is 0. The zero-order valence-corrected chi connectivity index (χ0v) is 10.4. The summed E-state index contributed by atoms with van der Waals surface area (Å²) in [7, 11) is 0.902. The first kappa shape index (κ1) is 11.8. The molecule has 0 aliphatic carbocycles. The lowest BCUT2D eigenvalue weighted by atomic mass is 9.71. The predicted molar refractivity (Wildman–Crippen MR) is 72.1 cm³/mol. The van der Waals surface area contributed by atoms with E-state index in [-0.39, 0.29) is 5.91 Å². The van der Waals surface area contributed by atoms with E-state index in [2.05, 4.69) is 0 Å². The number of hydrogen-bond donors (Lipinski definition) is 0. The molecule has 19 heavy (non-hydrogen) atoms. The molecule has 3 rings (SSSR count). The molecule has 94 valence electrons. The Morgan fingerprint density at radius 1 is 1.05 bits per heavy atom. The average molecular weight is 253 g/mol. The summed E-state index contributed by atoms with van der Waals surface area (Å²) in [4.78, 5) is 18.8. The van der Waals surface area contributed by atoms with Gasteiger partial charge in [-0.2, -0.15) is 0 Å². The van der Waals surface area contributed by atoms with Gasteiger partial charge in [0.05, 0.1) is 12.7 Å². The number of hydrogen-bond acceptors (Lipinski definition) is 3. The SMILES string of the molecule is CON1B(c2ccccc2)Oc2ccccc2C1=O. The van der Waals surface area contributed by atoms with Gasteiger partial charge in [-0.25, -0.2) is 4.97 Å². The first-order valence-corrected chi connectivity index (χ1v) is 5.99. The van der Waals surface area contributed by atoms with E-state index >= 15 is 0 Å². The van der Waals surface area contributed by atoms with Gasteiger partial charge < -0.3 is 4.65 Å². The molecule has 1 heterocycles. The van der Waals surface area contributed by atoms with Gasteiger partial charge in [0.15, 0.2) is 0 Å². The van der Waals surface area contributed by atoms with Crippen molar-refractivity contribution < 1.29 is 14.3 Å². The van der Waals surface area contributed by atoms with Crippen molar-refractivity contribution in [3.05, 3.63) is 60.2 Å². The number of nitrogens with zero attached hydrogens (tertiary/aromatic N) is 1. The van der Waals surface area contributed by atoms with E-state index in [4.69, 9.17) is 9.49 Å². The van der Waals surface area contributed by atoms with Crippen LogP contribution in [0, 0.1) is 0 Å². The quantitative estimate of drug-likeness (QED) is 0.761. The molecule has 0 aromatic heterocycles. The van der Waals surface area contributed by atoms with Crippen molar-refractivity contribution in [3.8, 4) is 5.75 Å². The summed E-state index contributed by atoms with van der Waals surface area (Å²) >= 11 is 0. The van der Waals surface area contributed by atoms with Crippen molar-refractivity contribution in [2.75, 3.05) is 7.11 Å². The minimum atomic E-state index is -0.561. The molecule has 0 unspecified atom stereocenters. The molecule has 2 aromatic rings. The highest BCUT2D eigenvalue weighted by Crippen LogP contribution is 2.26. The van der Waals surface area contributed by atoms with Crippen LogP contribution in [0.1, 0.15) is 10.4 Å². The highest BCUT2D eigenvalue weighted by molar-refractivity contribution is 6.68. The van der Waals surface area contributed by atoms with Crippen LogP contribution in [-0.2, 0) is 4.84 Å². The van der Waals surface area contributed by atoms with Crippen LogP contribution in [0.3, 0.4) is 0 Å². The zero-order chi connectivity index (χ0) is 13.2. The van der Waals surface area contributed by atoms with Gasteiger partial charge in [0.1, 0.15) is 5.75 Å². The molecule has 0 N–H and O–H groups in total. The first-order valence-electron chi connectivity index (χ1n) is 5.99. The number of amides is 1. The first-order chi connectivity index (χ1) is 9.31. The topological polar surface area (TPSA) is 38.8 Å². The Hall–Kier alpha value is -2.27. The van der Waals surface area contributed by atoms with Crippen molar-refractivity contribution in [3.63, 3.8) is 0 Å². The van der Waals surface area contributed by atoms with E-state index in [1.54, 1.807) is 18.2 Å². The van der Waals surface area contributed by atoms with Crippen molar-refractivity contribution in [2.45, 2.75) is 0 Å². The van der Waals surface area contributed by atoms with E-state index in [0.717, 1.165) is 5.46 Å². The lowest BCUT2D eigenvalue weighted by molar-refractivity contribution is -0.0436. The Bertz CT molecular complexity index is 603. The van der Waals surface area contributed by atoms with Crippen LogP contribution in [0.25, 0.3) is 0 Å². The average Bonchev–Trinajstić information content (AvgIpc) is 2.48. The van der Waals surface area contributed by atoms with E-state index in [0.29, 0.717) is 11.3 Å². The van der Waals surface area contributed by atoms with Gasteiger partial charge in [0.25, 0.3) is 5.91 Å². The fourth-order valence-electron chi connectivity index (χ4n) is 2.14. The molecule has 2 aromatic carbocycles. The van der Waals surface area contributed by atoms with Crippen molar-refractivity contribution in [2.24, 2.45) is 0 Å². The van der Waals surface area contributed by atoms with Gasteiger partial charge in [-0.15, -0.1) is 0 Å². The van der Waals surface area contributed by atoms with E-state index in [1.807, 2.05) is 36.4 Å². The van der Waals surface area contributed by atoms with Crippen LogP contribution in [0.15, 0.2) is 54.6 Å². The Kier molecular flexibility index (Phi) is 2.97. The fourth-order valence-corrected chi connectivity index (χ4v) is 2.14. The molecule has 1 aliphatic rings. The maximum atomic E-state index is 12.4. The highest BCUT2D eigenvalue weighted by atomic mass is 16.7. The minimum Gasteiger partial charge on any atom is -0.536 e. The van der Waals surface area contributed by atoms with Gasteiger partial charge in [-0.1, -0.05) is 42.5 Å². The monoisotopic (exact) mass is 253 g/mol. The Morgan fingerprint density at radius 2 is 1.74 bits per heavy atom. The molecule has 0 radical (unpaired) electrons. The van der Waals surface area contributed by atoms with Crippen molar-refractivity contribution in [1.82, 2.24) is 4.97 Å².